The molecule has 1 saturated carbocycles. The topological polar surface area (TPSA) is 60.4 Å². The van der Waals surface area contributed by atoms with Crippen LogP contribution in [0.5, 0.6) is 0 Å². The molecule has 2 unspecified atom stereocenters. The lowest BCUT2D eigenvalue weighted by molar-refractivity contribution is -0.142. The van der Waals surface area contributed by atoms with Gasteiger partial charge in [0, 0.05) is 0 Å². The first-order valence-corrected chi connectivity index (χ1v) is 3.32. The van der Waals surface area contributed by atoms with E-state index in [4.69, 9.17) is 0 Å². The van der Waals surface area contributed by atoms with Gasteiger partial charge in [-0.1, -0.05) is 0 Å². The summed E-state index contributed by atoms with van der Waals surface area (Å²) in [6, 6.07) is 0. The number of carbonyl (C=O) groups excluding carboxylic acids is 3. The second-order valence-electron chi connectivity index (χ2n) is 2.52. The molecule has 1 aliphatic rings. The highest BCUT2D eigenvalue weighted by atomic mass is 16.5. The maximum atomic E-state index is 11.0. The van der Waals surface area contributed by atoms with Gasteiger partial charge >= 0.3 is 0 Å². The fourth-order valence-corrected chi connectivity index (χ4v) is 1.08. The average molecular weight is 156 g/mol. The highest BCUT2D eigenvalue weighted by Gasteiger charge is 2.39. The van der Waals surface area contributed by atoms with E-state index in [0.29, 0.717) is 0 Å². The molecule has 1 aliphatic carbocycles. The number of carbonyl (C=O) groups is 3. The van der Waals surface area contributed by atoms with E-state index in [1.54, 1.807) is 0 Å². The number of hydrogen-bond acceptors (Lipinski definition) is 4. The van der Waals surface area contributed by atoms with Crippen LogP contribution in [0.3, 0.4) is 0 Å². The molecular formula is C7H8O4. The SMILES string of the molecule is CC1C(=O)CC(OC=O)C1=O. The van der Waals surface area contributed by atoms with Gasteiger partial charge in [0.15, 0.2) is 11.9 Å². The van der Waals surface area contributed by atoms with Crippen molar-refractivity contribution in [2.75, 3.05) is 0 Å². The minimum absolute atomic E-state index is 0.0404. The zero-order valence-corrected chi connectivity index (χ0v) is 6.07. The molecular weight excluding hydrogens is 148 g/mol. The molecule has 0 saturated heterocycles. The van der Waals surface area contributed by atoms with Crippen molar-refractivity contribution in [2.45, 2.75) is 19.4 Å². The highest BCUT2D eigenvalue weighted by Crippen LogP contribution is 2.19. The Kier molecular flexibility index (Phi) is 2.03. The Morgan fingerprint density at radius 2 is 2.18 bits per heavy atom. The molecule has 0 spiro atoms. The van der Waals surface area contributed by atoms with Gasteiger partial charge in [0.25, 0.3) is 6.47 Å². The van der Waals surface area contributed by atoms with Crippen LogP contribution in [0.1, 0.15) is 13.3 Å². The summed E-state index contributed by atoms with van der Waals surface area (Å²) in [6.07, 6.45) is -0.784. The molecule has 0 heterocycles. The lowest BCUT2D eigenvalue weighted by atomic mass is 10.1. The summed E-state index contributed by atoms with van der Waals surface area (Å²) >= 11 is 0. The zero-order chi connectivity index (χ0) is 8.43. The Bertz CT molecular complexity index is 208. The summed E-state index contributed by atoms with van der Waals surface area (Å²) in [5, 5.41) is 0. The van der Waals surface area contributed by atoms with Gasteiger partial charge in [-0.05, 0) is 6.92 Å². The van der Waals surface area contributed by atoms with Crippen molar-refractivity contribution >= 4 is 18.0 Å². The van der Waals surface area contributed by atoms with E-state index in [-0.39, 0.29) is 24.5 Å². The normalized spacial score (nSPS) is 30.6. The van der Waals surface area contributed by atoms with Gasteiger partial charge in [0.2, 0.25) is 0 Å². The number of ether oxygens (including phenoxy) is 1. The van der Waals surface area contributed by atoms with Crippen molar-refractivity contribution in [1.29, 1.82) is 0 Å². The van der Waals surface area contributed by atoms with E-state index in [2.05, 4.69) is 4.74 Å². The van der Waals surface area contributed by atoms with Gasteiger partial charge in [-0.3, -0.25) is 14.4 Å². The maximum absolute atomic E-state index is 11.0. The molecule has 11 heavy (non-hydrogen) atoms. The zero-order valence-electron chi connectivity index (χ0n) is 6.07. The molecule has 0 bridgehead atoms. The molecule has 4 nitrogen and oxygen atoms in total. The van der Waals surface area contributed by atoms with Gasteiger partial charge in [0.1, 0.15) is 5.78 Å². The van der Waals surface area contributed by atoms with Crippen molar-refractivity contribution in [2.24, 2.45) is 5.92 Å². The van der Waals surface area contributed by atoms with Crippen LogP contribution in [-0.4, -0.2) is 24.1 Å². The van der Waals surface area contributed by atoms with E-state index in [9.17, 15) is 14.4 Å². The molecule has 0 N–H and O–H groups in total. The van der Waals surface area contributed by atoms with Crippen LogP contribution < -0.4 is 0 Å². The molecule has 4 heteroatoms. The largest absolute Gasteiger partial charge is 0.456 e. The van der Waals surface area contributed by atoms with Crippen LogP contribution in [0.15, 0.2) is 0 Å². The van der Waals surface area contributed by atoms with Crippen LogP contribution in [0.25, 0.3) is 0 Å². The molecule has 1 rings (SSSR count). The van der Waals surface area contributed by atoms with Crippen molar-refractivity contribution < 1.29 is 19.1 Å². The lowest BCUT2D eigenvalue weighted by Gasteiger charge is -2.02. The first-order chi connectivity index (χ1) is 5.16. The Morgan fingerprint density at radius 3 is 2.55 bits per heavy atom. The maximum Gasteiger partial charge on any atom is 0.293 e. The summed E-state index contributed by atoms with van der Waals surface area (Å²) in [7, 11) is 0. The first kappa shape index (κ1) is 7.91. The summed E-state index contributed by atoms with van der Waals surface area (Å²) in [5.74, 6) is -1.04. The number of hydrogen-bond donors (Lipinski definition) is 0. The van der Waals surface area contributed by atoms with Gasteiger partial charge in [-0.15, -0.1) is 0 Å². The smallest absolute Gasteiger partial charge is 0.293 e. The summed E-state index contributed by atoms with van der Waals surface area (Å²) < 4.78 is 4.40. The van der Waals surface area contributed by atoms with E-state index in [1.807, 2.05) is 0 Å². The second-order valence-corrected chi connectivity index (χ2v) is 2.52. The third kappa shape index (κ3) is 1.29. The van der Waals surface area contributed by atoms with Crippen LogP contribution in [-0.2, 0) is 19.1 Å². The van der Waals surface area contributed by atoms with Gasteiger partial charge < -0.3 is 4.74 Å². The molecule has 0 aromatic carbocycles. The first-order valence-electron chi connectivity index (χ1n) is 3.32. The van der Waals surface area contributed by atoms with E-state index >= 15 is 0 Å². The number of ketones is 2. The fraction of sp³-hybridized carbons (Fsp3) is 0.571. The molecule has 2 atom stereocenters. The molecule has 60 valence electrons. The Morgan fingerprint density at radius 1 is 1.55 bits per heavy atom. The monoisotopic (exact) mass is 156 g/mol. The minimum Gasteiger partial charge on any atom is -0.456 e. The van der Waals surface area contributed by atoms with E-state index < -0.39 is 12.0 Å². The Balaban J connectivity index is 2.66. The predicted molar refractivity (Wildman–Crippen MR) is 34.7 cm³/mol. The molecule has 0 amide bonds. The minimum atomic E-state index is -0.824. The standard InChI is InChI=1S/C7H8O4/c1-4-5(9)2-6(7(4)10)11-3-8/h3-4,6H,2H2,1H3. The summed E-state index contributed by atoms with van der Waals surface area (Å²) in [5.41, 5.74) is 0. The molecule has 0 aromatic heterocycles. The molecule has 0 aliphatic heterocycles. The van der Waals surface area contributed by atoms with Crippen molar-refractivity contribution in [3.05, 3.63) is 0 Å². The van der Waals surface area contributed by atoms with Gasteiger partial charge in [0.05, 0.1) is 12.3 Å². The lowest BCUT2D eigenvalue weighted by Crippen LogP contribution is -2.20. The number of Topliss-reactive ketones (excluding diaryl/α,β-unsaturated/α-hetero) is 2. The van der Waals surface area contributed by atoms with Gasteiger partial charge in [-0.25, -0.2) is 0 Å². The predicted octanol–water partition coefficient (Wildman–Crippen LogP) is -0.294. The third-order valence-corrected chi connectivity index (χ3v) is 1.83. The Hall–Kier alpha value is -1.19. The van der Waals surface area contributed by atoms with E-state index in [1.165, 1.54) is 6.92 Å². The van der Waals surface area contributed by atoms with Crippen molar-refractivity contribution in [3.8, 4) is 0 Å². The van der Waals surface area contributed by atoms with E-state index in [0.717, 1.165) is 0 Å². The van der Waals surface area contributed by atoms with Crippen LogP contribution in [0.4, 0.5) is 0 Å². The van der Waals surface area contributed by atoms with Crippen molar-refractivity contribution in [1.82, 2.24) is 0 Å². The third-order valence-electron chi connectivity index (χ3n) is 1.83. The highest BCUT2D eigenvalue weighted by molar-refractivity contribution is 6.11. The van der Waals surface area contributed by atoms with Crippen LogP contribution in [0, 0.1) is 5.92 Å². The molecule has 0 radical (unpaired) electrons. The summed E-state index contributed by atoms with van der Waals surface area (Å²) in [6.45, 7) is 1.73. The fourth-order valence-electron chi connectivity index (χ4n) is 1.08. The summed E-state index contributed by atoms with van der Waals surface area (Å²) in [4.78, 5) is 31.7. The van der Waals surface area contributed by atoms with Crippen LogP contribution >= 0.6 is 0 Å². The average Bonchev–Trinajstić information content (AvgIpc) is 2.19. The quantitative estimate of drug-likeness (QED) is 0.407. The van der Waals surface area contributed by atoms with Crippen molar-refractivity contribution in [3.63, 3.8) is 0 Å². The number of rotatable bonds is 2. The molecule has 1 fully saturated rings. The Labute approximate surface area is 63.5 Å². The molecule has 0 aromatic rings. The van der Waals surface area contributed by atoms with Crippen LogP contribution in [0.2, 0.25) is 0 Å². The second kappa shape index (κ2) is 2.82. The van der Waals surface area contributed by atoms with Gasteiger partial charge in [-0.2, -0.15) is 0 Å².